The van der Waals surface area contributed by atoms with Crippen LogP contribution in [0.3, 0.4) is 0 Å². The Morgan fingerprint density at radius 3 is 2.80 bits per heavy atom. The molecule has 1 aromatic carbocycles. The molecule has 2 rings (SSSR count). The summed E-state index contributed by atoms with van der Waals surface area (Å²) in [6, 6.07) is 7.58. The number of amides is 1. The molecule has 1 unspecified atom stereocenters. The topological polar surface area (TPSA) is 47.6 Å². The Labute approximate surface area is 157 Å². The normalized spacial score (nSPS) is 12.2. The molecular formula is C19H22ClNO3S. The molecule has 0 radical (unpaired) electrons. The third kappa shape index (κ3) is 5.25. The molecule has 1 N–H and O–H groups in total. The van der Waals surface area contributed by atoms with Crippen LogP contribution < -0.4 is 14.8 Å². The quantitative estimate of drug-likeness (QED) is 0.650. The number of hydrogen-bond acceptors (Lipinski definition) is 4. The Hall–Kier alpha value is -1.98. The molecule has 1 atom stereocenters. The number of thiophene rings is 1. The van der Waals surface area contributed by atoms with Crippen molar-refractivity contribution in [2.45, 2.75) is 26.3 Å². The molecule has 0 aliphatic heterocycles. The highest BCUT2D eigenvalue weighted by molar-refractivity contribution is 7.10. The van der Waals surface area contributed by atoms with Crippen molar-refractivity contribution >= 4 is 34.9 Å². The number of methoxy groups -OCH3 is 1. The minimum atomic E-state index is -0.148. The number of rotatable bonds is 8. The molecule has 0 aliphatic rings. The lowest BCUT2D eigenvalue weighted by Crippen LogP contribution is -2.25. The van der Waals surface area contributed by atoms with Gasteiger partial charge in [0.25, 0.3) is 0 Å². The van der Waals surface area contributed by atoms with E-state index in [0.717, 1.165) is 16.9 Å². The number of ether oxygens (including phenoxy) is 2. The van der Waals surface area contributed by atoms with Crippen molar-refractivity contribution < 1.29 is 14.3 Å². The van der Waals surface area contributed by atoms with E-state index in [1.807, 2.05) is 31.4 Å². The first-order valence-corrected chi connectivity index (χ1v) is 9.37. The van der Waals surface area contributed by atoms with Crippen molar-refractivity contribution in [2.24, 2.45) is 0 Å². The van der Waals surface area contributed by atoms with Crippen LogP contribution in [0, 0.1) is 0 Å². The molecule has 0 spiro atoms. The second-order valence-electron chi connectivity index (χ2n) is 5.29. The van der Waals surface area contributed by atoms with E-state index in [2.05, 4.69) is 5.32 Å². The lowest BCUT2D eigenvalue weighted by molar-refractivity contribution is -0.117. The van der Waals surface area contributed by atoms with Gasteiger partial charge in [0.2, 0.25) is 5.91 Å². The van der Waals surface area contributed by atoms with E-state index < -0.39 is 0 Å². The molecule has 0 bridgehead atoms. The number of carbonyl (C=O) groups excluding carboxylic acids is 1. The molecular weight excluding hydrogens is 358 g/mol. The first kappa shape index (κ1) is 19.3. The first-order valence-electron chi connectivity index (χ1n) is 8.11. The fraction of sp³-hybridized carbons (Fsp3) is 0.316. The van der Waals surface area contributed by atoms with E-state index >= 15 is 0 Å². The summed E-state index contributed by atoms with van der Waals surface area (Å²) in [4.78, 5) is 13.4. The smallest absolute Gasteiger partial charge is 0.244 e. The molecule has 0 saturated heterocycles. The summed E-state index contributed by atoms with van der Waals surface area (Å²) >= 11 is 7.86. The number of hydrogen-bond donors (Lipinski definition) is 1. The zero-order valence-corrected chi connectivity index (χ0v) is 16.1. The van der Waals surface area contributed by atoms with Gasteiger partial charge in [0.05, 0.1) is 24.8 Å². The van der Waals surface area contributed by atoms with Crippen LogP contribution in [0.15, 0.2) is 35.7 Å². The fourth-order valence-electron chi connectivity index (χ4n) is 2.40. The average Bonchev–Trinajstić information content (AvgIpc) is 3.12. The van der Waals surface area contributed by atoms with Gasteiger partial charge in [-0.1, -0.05) is 24.6 Å². The monoisotopic (exact) mass is 379 g/mol. The van der Waals surface area contributed by atoms with Crippen LogP contribution in [0.1, 0.15) is 36.8 Å². The van der Waals surface area contributed by atoms with E-state index in [1.165, 1.54) is 6.08 Å². The molecule has 1 amide bonds. The van der Waals surface area contributed by atoms with Gasteiger partial charge < -0.3 is 14.8 Å². The van der Waals surface area contributed by atoms with Crippen molar-refractivity contribution in [3.05, 3.63) is 51.2 Å². The average molecular weight is 380 g/mol. The maximum Gasteiger partial charge on any atom is 0.244 e. The highest BCUT2D eigenvalue weighted by Crippen LogP contribution is 2.36. The molecule has 6 heteroatoms. The van der Waals surface area contributed by atoms with Gasteiger partial charge in [-0.3, -0.25) is 4.79 Å². The minimum Gasteiger partial charge on any atom is -0.491 e. The summed E-state index contributed by atoms with van der Waals surface area (Å²) in [6.07, 6.45) is 4.05. The SMILES string of the molecule is CCOc1cc(/C=C/C(=O)NC(CC)c2cccs2)cc(Cl)c1OC. The maximum atomic E-state index is 12.2. The van der Waals surface area contributed by atoms with Gasteiger partial charge in [0.1, 0.15) is 0 Å². The number of nitrogens with one attached hydrogen (secondary N) is 1. The molecule has 0 saturated carbocycles. The predicted molar refractivity (Wildman–Crippen MR) is 104 cm³/mol. The van der Waals surface area contributed by atoms with E-state index in [0.29, 0.717) is 23.1 Å². The standard InChI is InChI=1S/C19H22ClNO3S/c1-4-15(17-7-6-10-25-17)21-18(22)9-8-13-11-14(20)19(23-3)16(12-13)24-5-2/h6-12,15H,4-5H2,1-3H3,(H,21,22)/b9-8+. The Morgan fingerprint density at radius 2 is 2.20 bits per heavy atom. The van der Waals surface area contributed by atoms with Gasteiger partial charge in [-0.2, -0.15) is 0 Å². The van der Waals surface area contributed by atoms with Gasteiger partial charge in [0, 0.05) is 11.0 Å². The number of benzene rings is 1. The molecule has 2 aromatic rings. The summed E-state index contributed by atoms with van der Waals surface area (Å²) in [7, 11) is 1.54. The predicted octanol–water partition coefficient (Wildman–Crippen LogP) is 5.09. The van der Waals surface area contributed by atoms with E-state index in [9.17, 15) is 4.79 Å². The molecule has 1 heterocycles. The Bertz CT molecular complexity index is 729. The van der Waals surface area contributed by atoms with Crippen LogP contribution in [0.4, 0.5) is 0 Å². The minimum absolute atomic E-state index is 0.0237. The Kier molecular flexibility index (Phi) is 7.34. The third-order valence-corrected chi connectivity index (χ3v) is 4.84. The van der Waals surface area contributed by atoms with Crippen molar-refractivity contribution in [3.8, 4) is 11.5 Å². The van der Waals surface area contributed by atoms with Crippen molar-refractivity contribution in [2.75, 3.05) is 13.7 Å². The lowest BCUT2D eigenvalue weighted by atomic mass is 10.1. The third-order valence-electron chi connectivity index (χ3n) is 3.57. The van der Waals surface area contributed by atoms with E-state index in [1.54, 1.807) is 36.7 Å². The van der Waals surface area contributed by atoms with Crippen LogP contribution >= 0.6 is 22.9 Å². The van der Waals surface area contributed by atoms with Gasteiger partial charge in [0.15, 0.2) is 11.5 Å². The summed E-state index contributed by atoms with van der Waals surface area (Å²) in [5, 5.41) is 5.46. The zero-order chi connectivity index (χ0) is 18.2. The van der Waals surface area contributed by atoms with Gasteiger partial charge in [-0.15, -0.1) is 11.3 Å². The molecule has 25 heavy (non-hydrogen) atoms. The second-order valence-corrected chi connectivity index (χ2v) is 6.67. The highest BCUT2D eigenvalue weighted by Gasteiger charge is 2.13. The Morgan fingerprint density at radius 1 is 1.40 bits per heavy atom. The second kappa shape index (κ2) is 9.49. The van der Waals surface area contributed by atoms with Crippen molar-refractivity contribution in [1.29, 1.82) is 0 Å². The lowest BCUT2D eigenvalue weighted by Gasteiger charge is -2.14. The van der Waals surface area contributed by atoms with Crippen LogP contribution in [0.25, 0.3) is 6.08 Å². The summed E-state index contributed by atoms with van der Waals surface area (Å²) in [5.74, 6) is 0.904. The summed E-state index contributed by atoms with van der Waals surface area (Å²) < 4.78 is 10.8. The van der Waals surface area contributed by atoms with Crippen LogP contribution in [-0.2, 0) is 4.79 Å². The van der Waals surface area contributed by atoms with Gasteiger partial charge in [-0.25, -0.2) is 0 Å². The summed E-state index contributed by atoms with van der Waals surface area (Å²) in [6.45, 7) is 4.43. The first-order chi connectivity index (χ1) is 12.1. The number of halogens is 1. The molecule has 1 aromatic heterocycles. The van der Waals surface area contributed by atoms with Crippen molar-refractivity contribution in [1.82, 2.24) is 5.32 Å². The zero-order valence-electron chi connectivity index (χ0n) is 14.5. The molecule has 4 nitrogen and oxygen atoms in total. The van der Waals surface area contributed by atoms with Crippen molar-refractivity contribution in [3.63, 3.8) is 0 Å². The summed E-state index contributed by atoms with van der Waals surface area (Å²) in [5.41, 5.74) is 0.772. The molecule has 0 fully saturated rings. The van der Waals surface area contributed by atoms with Gasteiger partial charge in [-0.05, 0) is 48.6 Å². The van der Waals surface area contributed by atoms with Gasteiger partial charge >= 0.3 is 0 Å². The maximum absolute atomic E-state index is 12.2. The fourth-order valence-corrected chi connectivity index (χ4v) is 3.56. The van der Waals surface area contributed by atoms with E-state index in [4.69, 9.17) is 21.1 Å². The Balaban J connectivity index is 2.11. The van der Waals surface area contributed by atoms with Crippen LogP contribution in [0.5, 0.6) is 11.5 Å². The van der Waals surface area contributed by atoms with Crippen LogP contribution in [-0.4, -0.2) is 19.6 Å². The highest BCUT2D eigenvalue weighted by atomic mass is 35.5. The molecule has 134 valence electrons. The molecule has 0 aliphatic carbocycles. The largest absolute Gasteiger partial charge is 0.491 e. The van der Waals surface area contributed by atoms with Crippen LogP contribution in [0.2, 0.25) is 5.02 Å². The number of carbonyl (C=O) groups is 1. The van der Waals surface area contributed by atoms with E-state index in [-0.39, 0.29) is 11.9 Å².